The van der Waals surface area contributed by atoms with E-state index in [4.69, 9.17) is 0 Å². The topological polar surface area (TPSA) is 120 Å². The molecule has 2 unspecified atom stereocenters. The molecule has 8 nitrogen and oxygen atoms in total. The first-order valence-electron chi connectivity index (χ1n) is 9.18. The molecule has 0 saturated heterocycles. The number of nitrogens with zero attached hydrogens (tertiary/aromatic N) is 2. The van der Waals surface area contributed by atoms with E-state index < -0.39 is 30.2 Å². The molecular formula is C20H24N2O6S. The van der Waals surface area contributed by atoms with Crippen molar-refractivity contribution in [3.63, 3.8) is 0 Å². The Labute approximate surface area is 169 Å². The van der Waals surface area contributed by atoms with Crippen molar-refractivity contribution in [2.24, 2.45) is 11.8 Å². The number of nitro groups is 2. The van der Waals surface area contributed by atoms with Gasteiger partial charge in [0.05, 0.1) is 20.3 Å². The van der Waals surface area contributed by atoms with Crippen LogP contribution in [-0.2, 0) is 9.84 Å². The Hall–Kier alpha value is -2.81. The fourth-order valence-electron chi connectivity index (χ4n) is 3.70. The van der Waals surface area contributed by atoms with E-state index >= 15 is 0 Å². The number of non-ortho nitro benzene ring substituents is 2. The zero-order chi connectivity index (χ0) is 21.9. The van der Waals surface area contributed by atoms with Crippen LogP contribution in [-0.4, -0.2) is 18.3 Å². The molecule has 2 atom stereocenters. The van der Waals surface area contributed by atoms with Crippen LogP contribution >= 0.6 is 0 Å². The predicted octanol–water partition coefficient (Wildman–Crippen LogP) is 5.01. The molecule has 0 bridgehead atoms. The molecule has 0 aliphatic rings. The molecule has 2 aromatic rings. The number of hydrogen-bond acceptors (Lipinski definition) is 6. The van der Waals surface area contributed by atoms with Gasteiger partial charge in [0.1, 0.15) is 0 Å². The number of sulfone groups is 1. The molecule has 0 aliphatic heterocycles. The van der Waals surface area contributed by atoms with Gasteiger partial charge in [-0.3, -0.25) is 20.2 Å². The summed E-state index contributed by atoms with van der Waals surface area (Å²) < 4.78 is 27.5. The monoisotopic (exact) mass is 420 g/mol. The number of benzene rings is 2. The van der Waals surface area contributed by atoms with E-state index in [1.54, 1.807) is 39.8 Å². The highest BCUT2D eigenvalue weighted by atomic mass is 32.2. The van der Waals surface area contributed by atoms with Crippen molar-refractivity contribution >= 4 is 21.2 Å². The molecule has 0 spiro atoms. The minimum Gasteiger partial charge on any atom is -0.258 e. The molecule has 2 rings (SSSR count). The molecule has 0 amide bonds. The van der Waals surface area contributed by atoms with Crippen molar-refractivity contribution < 1.29 is 18.3 Å². The van der Waals surface area contributed by atoms with E-state index in [0.29, 0.717) is 11.1 Å². The summed E-state index contributed by atoms with van der Waals surface area (Å²) >= 11 is 0. The van der Waals surface area contributed by atoms with Crippen LogP contribution in [0, 0.1) is 32.1 Å². The van der Waals surface area contributed by atoms with Crippen molar-refractivity contribution in [3.8, 4) is 0 Å². The predicted molar refractivity (Wildman–Crippen MR) is 110 cm³/mol. The van der Waals surface area contributed by atoms with E-state index in [2.05, 4.69) is 0 Å². The Balaban J connectivity index is 2.65. The van der Waals surface area contributed by atoms with Gasteiger partial charge in [0.25, 0.3) is 11.4 Å². The molecule has 2 aromatic carbocycles. The first-order valence-corrected chi connectivity index (χ1v) is 10.8. The summed E-state index contributed by atoms with van der Waals surface area (Å²) in [6, 6.07) is 11.3. The van der Waals surface area contributed by atoms with Crippen LogP contribution in [0.15, 0.2) is 48.5 Å². The number of nitro benzene ring substituents is 2. The summed E-state index contributed by atoms with van der Waals surface area (Å²) in [5.74, 6) is -0.719. The summed E-state index contributed by atoms with van der Waals surface area (Å²) in [5, 5.41) is 20.3. The second kappa shape index (κ2) is 8.69. The minimum atomic E-state index is -3.90. The van der Waals surface area contributed by atoms with Gasteiger partial charge in [-0.2, -0.15) is 0 Å². The molecule has 0 saturated carbocycles. The van der Waals surface area contributed by atoms with Crippen LogP contribution in [0.25, 0.3) is 0 Å². The van der Waals surface area contributed by atoms with Gasteiger partial charge < -0.3 is 0 Å². The molecule has 29 heavy (non-hydrogen) atoms. The van der Waals surface area contributed by atoms with Crippen molar-refractivity contribution in [1.29, 1.82) is 0 Å². The van der Waals surface area contributed by atoms with Gasteiger partial charge in [0.2, 0.25) is 0 Å². The molecule has 0 aliphatic carbocycles. The van der Waals surface area contributed by atoms with E-state index in [-0.39, 0.29) is 23.2 Å². The average molecular weight is 420 g/mol. The summed E-state index contributed by atoms with van der Waals surface area (Å²) in [6.45, 7) is 6.97. The molecular weight excluding hydrogens is 396 g/mol. The normalized spacial score (nSPS) is 14.0. The van der Waals surface area contributed by atoms with Crippen molar-refractivity contribution in [3.05, 3.63) is 79.9 Å². The van der Waals surface area contributed by atoms with E-state index in [9.17, 15) is 28.6 Å². The van der Waals surface area contributed by atoms with Gasteiger partial charge in [-0.05, 0) is 23.0 Å². The van der Waals surface area contributed by atoms with Gasteiger partial charge in [-0.1, -0.05) is 52.0 Å². The molecule has 0 fully saturated rings. The Kier molecular flexibility index (Phi) is 6.73. The van der Waals surface area contributed by atoms with Crippen LogP contribution < -0.4 is 0 Å². The summed E-state index contributed by atoms with van der Waals surface area (Å²) in [4.78, 5) is 21.2. The van der Waals surface area contributed by atoms with Crippen molar-refractivity contribution in [2.45, 2.75) is 38.2 Å². The quantitative estimate of drug-likeness (QED) is 0.437. The number of hydrogen-bond donors (Lipinski definition) is 0. The van der Waals surface area contributed by atoms with Crippen LogP contribution in [0.5, 0.6) is 0 Å². The highest BCUT2D eigenvalue weighted by molar-refractivity contribution is 7.91. The zero-order valence-corrected chi connectivity index (χ0v) is 17.5. The van der Waals surface area contributed by atoms with E-state index in [0.717, 1.165) is 0 Å². The van der Waals surface area contributed by atoms with Gasteiger partial charge in [-0.25, -0.2) is 8.42 Å². The minimum absolute atomic E-state index is 0.181. The third kappa shape index (κ3) is 4.79. The maximum Gasteiger partial charge on any atom is 0.269 e. The largest absolute Gasteiger partial charge is 0.269 e. The third-order valence-electron chi connectivity index (χ3n) is 4.74. The molecule has 0 radical (unpaired) electrons. The average Bonchev–Trinajstić information content (AvgIpc) is 2.61. The van der Waals surface area contributed by atoms with Gasteiger partial charge in [-0.15, -0.1) is 0 Å². The lowest BCUT2D eigenvalue weighted by atomic mass is 10.0. The highest BCUT2D eigenvalue weighted by Crippen LogP contribution is 2.43. The van der Waals surface area contributed by atoms with Crippen LogP contribution in [0.3, 0.4) is 0 Å². The molecule has 156 valence electrons. The van der Waals surface area contributed by atoms with Crippen LogP contribution in [0.2, 0.25) is 0 Å². The lowest BCUT2D eigenvalue weighted by Gasteiger charge is -2.29. The Morgan fingerprint density at radius 1 is 0.724 bits per heavy atom. The van der Waals surface area contributed by atoms with E-state index in [1.165, 1.54) is 36.4 Å². The summed E-state index contributed by atoms with van der Waals surface area (Å²) in [6.07, 6.45) is 0. The smallest absolute Gasteiger partial charge is 0.258 e. The van der Waals surface area contributed by atoms with E-state index in [1.807, 2.05) is 0 Å². The van der Waals surface area contributed by atoms with Gasteiger partial charge in [0, 0.05) is 24.3 Å². The lowest BCUT2D eigenvalue weighted by molar-refractivity contribution is -0.385. The maximum absolute atomic E-state index is 13.7. The number of rotatable bonds is 8. The molecule has 0 aromatic heterocycles. The Bertz CT molecular complexity index is 942. The Morgan fingerprint density at radius 3 is 1.34 bits per heavy atom. The second-order valence-electron chi connectivity index (χ2n) is 7.62. The Morgan fingerprint density at radius 2 is 1.07 bits per heavy atom. The molecule has 9 heteroatoms. The first kappa shape index (κ1) is 22.5. The molecule has 0 N–H and O–H groups in total. The summed E-state index contributed by atoms with van der Waals surface area (Å²) in [5.41, 5.74) is 0.315. The van der Waals surface area contributed by atoms with Crippen LogP contribution in [0.1, 0.15) is 49.3 Å². The SMILES string of the molecule is CC(C)C(c1cccc([N+](=O)[O-])c1)S(=O)(=O)C(c1cccc([N+](=O)[O-])c1)C(C)C. The lowest BCUT2D eigenvalue weighted by Crippen LogP contribution is -2.28. The van der Waals surface area contributed by atoms with Gasteiger partial charge in [0.15, 0.2) is 9.84 Å². The van der Waals surface area contributed by atoms with Crippen LogP contribution in [0.4, 0.5) is 11.4 Å². The third-order valence-corrected chi connectivity index (χ3v) is 7.79. The van der Waals surface area contributed by atoms with Crippen molar-refractivity contribution in [1.82, 2.24) is 0 Å². The maximum atomic E-state index is 13.7. The standard InChI is InChI=1S/C20H24N2O6S/c1-13(2)19(15-7-5-9-17(11-15)21(23)24)29(27,28)20(14(3)4)16-8-6-10-18(12-16)22(25)26/h5-14,19-20H,1-4H3. The van der Waals surface area contributed by atoms with Gasteiger partial charge >= 0.3 is 0 Å². The zero-order valence-electron chi connectivity index (χ0n) is 16.7. The second-order valence-corrected chi connectivity index (χ2v) is 9.82. The molecule has 0 heterocycles. The first-order chi connectivity index (χ1) is 13.5. The van der Waals surface area contributed by atoms with Crippen molar-refractivity contribution in [2.75, 3.05) is 0 Å². The fraction of sp³-hybridized carbons (Fsp3) is 0.400. The highest BCUT2D eigenvalue weighted by Gasteiger charge is 2.40. The fourth-order valence-corrected chi connectivity index (χ4v) is 6.58. The summed E-state index contributed by atoms with van der Waals surface area (Å²) in [7, 11) is -3.90.